The highest BCUT2D eigenvalue weighted by Gasteiger charge is 2.12. The molecule has 2 N–H and O–H groups in total. The summed E-state index contributed by atoms with van der Waals surface area (Å²) in [5, 5.41) is 0. The summed E-state index contributed by atoms with van der Waals surface area (Å²) >= 11 is 0. The fourth-order valence-electron chi connectivity index (χ4n) is 1.46. The molecule has 80 valence electrons. The number of nitrogens with two attached hydrogens (primary N) is 1. The van der Waals surface area contributed by atoms with E-state index in [-0.39, 0.29) is 12.1 Å². The van der Waals surface area contributed by atoms with Gasteiger partial charge in [-0.3, -0.25) is 4.21 Å². The fraction of sp³-hybridized carbons (Fsp3) is 0.667. The Hall–Kier alpha value is -0.680. The summed E-state index contributed by atoms with van der Waals surface area (Å²) in [6, 6.07) is 0.148. The molecule has 1 aromatic rings. The van der Waals surface area contributed by atoms with Crippen LogP contribution in [0.5, 0.6) is 0 Å². The van der Waals surface area contributed by atoms with E-state index in [0.29, 0.717) is 5.75 Å². The van der Waals surface area contributed by atoms with Crippen molar-refractivity contribution in [2.45, 2.75) is 25.9 Å². The van der Waals surface area contributed by atoms with Crippen LogP contribution in [0.15, 0.2) is 12.5 Å². The Morgan fingerprint density at radius 2 is 2.29 bits per heavy atom. The van der Waals surface area contributed by atoms with Crippen LogP contribution in [0, 0.1) is 0 Å². The molecule has 1 heterocycles. The van der Waals surface area contributed by atoms with E-state index in [4.69, 9.17) is 5.73 Å². The average molecular weight is 215 g/mol. The molecule has 14 heavy (non-hydrogen) atoms. The number of imidazole rings is 1. The molecule has 0 fully saturated rings. The Bertz CT molecular complexity index is 322. The van der Waals surface area contributed by atoms with Crippen molar-refractivity contribution < 1.29 is 4.21 Å². The minimum absolute atomic E-state index is 0.0368. The SMILES string of the molecule is CC(CS(C)=O)n1cncc1[C@@H](C)N. The second kappa shape index (κ2) is 4.70. The standard InChI is InChI=1S/C9H17N3OS/c1-7(5-14(3)13)12-6-11-4-9(12)8(2)10/h4,6-8H,5,10H2,1-3H3/t7?,8-,14?/m1/s1. The Morgan fingerprint density at radius 3 is 2.79 bits per heavy atom. The summed E-state index contributed by atoms with van der Waals surface area (Å²) in [6.45, 7) is 3.94. The lowest BCUT2D eigenvalue weighted by Gasteiger charge is -2.16. The Morgan fingerprint density at radius 1 is 1.64 bits per heavy atom. The molecule has 0 aromatic carbocycles. The van der Waals surface area contributed by atoms with Gasteiger partial charge in [-0.05, 0) is 13.8 Å². The van der Waals surface area contributed by atoms with Gasteiger partial charge in [0.15, 0.2) is 0 Å². The largest absolute Gasteiger partial charge is 0.329 e. The van der Waals surface area contributed by atoms with Crippen LogP contribution in [0.2, 0.25) is 0 Å². The lowest BCUT2D eigenvalue weighted by Crippen LogP contribution is -2.18. The van der Waals surface area contributed by atoms with E-state index in [1.165, 1.54) is 0 Å². The molecular weight excluding hydrogens is 198 g/mol. The summed E-state index contributed by atoms with van der Waals surface area (Å²) < 4.78 is 13.1. The van der Waals surface area contributed by atoms with E-state index in [2.05, 4.69) is 4.98 Å². The van der Waals surface area contributed by atoms with Crippen molar-refractivity contribution in [2.24, 2.45) is 5.73 Å². The zero-order valence-corrected chi connectivity index (χ0v) is 9.62. The highest BCUT2D eigenvalue weighted by molar-refractivity contribution is 7.84. The number of nitrogens with zero attached hydrogens (tertiary/aromatic N) is 2. The third-order valence-electron chi connectivity index (χ3n) is 2.11. The average Bonchev–Trinajstić information content (AvgIpc) is 2.49. The van der Waals surface area contributed by atoms with Gasteiger partial charge in [0.2, 0.25) is 0 Å². The number of hydrogen-bond donors (Lipinski definition) is 1. The molecule has 0 bridgehead atoms. The molecule has 1 rings (SSSR count). The minimum atomic E-state index is -0.791. The monoisotopic (exact) mass is 215 g/mol. The zero-order chi connectivity index (χ0) is 10.7. The van der Waals surface area contributed by atoms with Crippen LogP contribution in [0.4, 0.5) is 0 Å². The normalized spacial score (nSPS) is 17.7. The van der Waals surface area contributed by atoms with Gasteiger partial charge < -0.3 is 10.3 Å². The second-order valence-electron chi connectivity index (χ2n) is 3.60. The van der Waals surface area contributed by atoms with Crippen LogP contribution in [-0.2, 0) is 10.8 Å². The molecule has 2 unspecified atom stereocenters. The van der Waals surface area contributed by atoms with Crippen LogP contribution in [0.1, 0.15) is 31.6 Å². The van der Waals surface area contributed by atoms with Crippen LogP contribution in [-0.4, -0.2) is 25.8 Å². The molecule has 0 saturated heterocycles. The molecule has 0 spiro atoms. The van der Waals surface area contributed by atoms with Crippen molar-refractivity contribution in [3.8, 4) is 0 Å². The molecule has 3 atom stereocenters. The van der Waals surface area contributed by atoms with E-state index in [0.717, 1.165) is 5.69 Å². The summed E-state index contributed by atoms with van der Waals surface area (Å²) in [5.74, 6) is 0.635. The number of aromatic nitrogens is 2. The van der Waals surface area contributed by atoms with Crippen molar-refractivity contribution in [3.63, 3.8) is 0 Å². The molecule has 1 aromatic heterocycles. The van der Waals surface area contributed by atoms with Crippen LogP contribution < -0.4 is 5.73 Å². The lowest BCUT2D eigenvalue weighted by molar-refractivity contribution is 0.554. The van der Waals surface area contributed by atoms with Gasteiger partial charge in [0, 0.05) is 41.1 Å². The topological polar surface area (TPSA) is 60.9 Å². The molecule has 0 aliphatic carbocycles. The fourth-order valence-corrected chi connectivity index (χ4v) is 2.30. The van der Waals surface area contributed by atoms with Crippen LogP contribution >= 0.6 is 0 Å². The maximum Gasteiger partial charge on any atom is 0.0951 e. The third-order valence-corrected chi connectivity index (χ3v) is 3.07. The molecule has 0 amide bonds. The van der Waals surface area contributed by atoms with Crippen LogP contribution in [0.3, 0.4) is 0 Å². The Kier molecular flexibility index (Phi) is 3.83. The molecule has 0 radical (unpaired) electrons. The van der Waals surface area contributed by atoms with Crippen LogP contribution in [0.25, 0.3) is 0 Å². The third kappa shape index (κ3) is 2.65. The minimum Gasteiger partial charge on any atom is -0.329 e. The molecule has 4 nitrogen and oxygen atoms in total. The molecule has 0 aliphatic rings. The molecular formula is C9H17N3OS. The van der Waals surface area contributed by atoms with Gasteiger partial charge in [0.1, 0.15) is 0 Å². The molecule has 0 saturated carbocycles. The zero-order valence-electron chi connectivity index (χ0n) is 8.80. The van der Waals surface area contributed by atoms with Crippen molar-refractivity contribution in [1.29, 1.82) is 0 Å². The van der Waals surface area contributed by atoms with E-state index >= 15 is 0 Å². The summed E-state index contributed by atoms with van der Waals surface area (Å²) in [5.41, 5.74) is 6.78. The molecule has 5 heteroatoms. The first-order valence-corrected chi connectivity index (χ1v) is 6.32. The van der Waals surface area contributed by atoms with Gasteiger partial charge in [-0.15, -0.1) is 0 Å². The smallest absolute Gasteiger partial charge is 0.0951 e. The first kappa shape index (κ1) is 11.4. The molecule has 0 aliphatic heterocycles. The maximum absolute atomic E-state index is 11.1. The van der Waals surface area contributed by atoms with Gasteiger partial charge in [-0.2, -0.15) is 0 Å². The van der Waals surface area contributed by atoms with E-state index in [1.807, 2.05) is 18.4 Å². The van der Waals surface area contributed by atoms with E-state index in [1.54, 1.807) is 18.8 Å². The second-order valence-corrected chi connectivity index (χ2v) is 5.08. The Balaban J connectivity index is 2.83. The lowest BCUT2D eigenvalue weighted by atomic mass is 10.2. The number of rotatable bonds is 4. The number of hydrogen-bond acceptors (Lipinski definition) is 3. The van der Waals surface area contributed by atoms with Gasteiger partial charge in [0.25, 0.3) is 0 Å². The van der Waals surface area contributed by atoms with Gasteiger partial charge >= 0.3 is 0 Å². The Labute approximate surface area is 87.0 Å². The highest BCUT2D eigenvalue weighted by atomic mass is 32.2. The van der Waals surface area contributed by atoms with Crippen molar-refractivity contribution in [3.05, 3.63) is 18.2 Å². The maximum atomic E-state index is 11.1. The summed E-state index contributed by atoms with van der Waals surface area (Å²) in [4.78, 5) is 4.06. The highest BCUT2D eigenvalue weighted by Crippen LogP contribution is 2.15. The summed E-state index contributed by atoms with van der Waals surface area (Å²) in [6.07, 6.45) is 5.22. The predicted octanol–water partition coefficient (Wildman–Crippen LogP) is 0.842. The van der Waals surface area contributed by atoms with Crippen molar-refractivity contribution >= 4 is 10.8 Å². The predicted molar refractivity (Wildman–Crippen MR) is 58.5 cm³/mol. The quantitative estimate of drug-likeness (QED) is 0.809. The van der Waals surface area contributed by atoms with Gasteiger partial charge in [-0.1, -0.05) is 0 Å². The van der Waals surface area contributed by atoms with Gasteiger partial charge in [-0.25, -0.2) is 4.98 Å². The van der Waals surface area contributed by atoms with Gasteiger partial charge in [0.05, 0.1) is 12.0 Å². The van der Waals surface area contributed by atoms with Crippen molar-refractivity contribution in [2.75, 3.05) is 12.0 Å². The summed E-state index contributed by atoms with van der Waals surface area (Å²) in [7, 11) is -0.791. The first-order valence-electron chi connectivity index (χ1n) is 4.59. The van der Waals surface area contributed by atoms with E-state index in [9.17, 15) is 4.21 Å². The first-order chi connectivity index (χ1) is 6.52. The van der Waals surface area contributed by atoms with Crippen molar-refractivity contribution in [1.82, 2.24) is 9.55 Å². The van der Waals surface area contributed by atoms with E-state index < -0.39 is 10.8 Å².